The zero-order valence-electron chi connectivity index (χ0n) is 15.2. The quantitative estimate of drug-likeness (QED) is 0.714. The highest BCUT2D eigenvalue weighted by atomic mass is 16.3. The molecule has 2 amide bonds. The minimum absolute atomic E-state index is 0.128. The Kier molecular flexibility index (Phi) is 6.55. The fourth-order valence-corrected chi connectivity index (χ4v) is 2.78. The predicted molar refractivity (Wildman–Crippen MR) is 98.4 cm³/mol. The van der Waals surface area contributed by atoms with Crippen LogP contribution >= 0.6 is 0 Å². The van der Waals surface area contributed by atoms with E-state index in [0.717, 1.165) is 11.3 Å². The van der Waals surface area contributed by atoms with Crippen molar-refractivity contribution >= 4 is 11.8 Å². The minimum Gasteiger partial charge on any atom is -0.388 e. The van der Waals surface area contributed by atoms with Crippen molar-refractivity contribution in [1.29, 1.82) is 0 Å². The third kappa shape index (κ3) is 5.58. The van der Waals surface area contributed by atoms with E-state index in [0.29, 0.717) is 18.9 Å². The SMILES string of the molecule is Cc1cc(NC(=O)NC[C@H](CN(C)C)[C@H](O)c2ccccc2)n(C)n1. The second-order valence-corrected chi connectivity index (χ2v) is 6.51. The summed E-state index contributed by atoms with van der Waals surface area (Å²) in [4.78, 5) is 14.2. The van der Waals surface area contributed by atoms with Crippen molar-refractivity contribution in [3.05, 3.63) is 47.7 Å². The van der Waals surface area contributed by atoms with Gasteiger partial charge in [-0.1, -0.05) is 30.3 Å². The summed E-state index contributed by atoms with van der Waals surface area (Å²) in [5.41, 5.74) is 1.68. The van der Waals surface area contributed by atoms with E-state index in [4.69, 9.17) is 0 Å². The number of urea groups is 1. The third-order valence-corrected chi connectivity index (χ3v) is 3.96. The standard InChI is InChI=1S/C18H27N5O2/c1-13-10-16(23(4)21-13)20-18(25)19-11-15(12-22(2)3)17(24)14-8-6-5-7-9-14/h5-10,15,17,24H,11-12H2,1-4H3,(H2,19,20,25)/t15-,17-/m1/s1. The van der Waals surface area contributed by atoms with Crippen molar-refractivity contribution < 1.29 is 9.90 Å². The lowest BCUT2D eigenvalue weighted by Gasteiger charge is -2.26. The minimum atomic E-state index is -0.650. The topological polar surface area (TPSA) is 82.4 Å². The monoisotopic (exact) mass is 345 g/mol. The molecule has 7 nitrogen and oxygen atoms in total. The second-order valence-electron chi connectivity index (χ2n) is 6.51. The summed E-state index contributed by atoms with van der Waals surface area (Å²) in [5, 5.41) is 20.5. The first kappa shape index (κ1) is 19.0. The van der Waals surface area contributed by atoms with Gasteiger partial charge in [0.25, 0.3) is 0 Å². The maximum atomic E-state index is 12.2. The van der Waals surface area contributed by atoms with E-state index in [1.807, 2.05) is 56.3 Å². The van der Waals surface area contributed by atoms with Crippen LogP contribution in [-0.2, 0) is 7.05 Å². The molecule has 3 N–H and O–H groups in total. The number of carbonyl (C=O) groups is 1. The van der Waals surface area contributed by atoms with Gasteiger partial charge in [0, 0.05) is 32.1 Å². The molecule has 0 saturated heterocycles. The van der Waals surface area contributed by atoms with Gasteiger partial charge in [0.1, 0.15) is 5.82 Å². The van der Waals surface area contributed by atoms with E-state index in [1.54, 1.807) is 17.8 Å². The number of amides is 2. The number of nitrogens with zero attached hydrogens (tertiary/aromatic N) is 3. The molecular formula is C18H27N5O2. The van der Waals surface area contributed by atoms with E-state index >= 15 is 0 Å². The molecule has 7 heteroatoms. The summed E-state index contributed by atoms with van der Waals surface area (Å²) < 4.78 is 1.62. The number of hydrogen-bond donors (Lipinski definition) is 3. The Bertz CT molecular complexity index is 684. The number of hydrogen-bond acceptors (Lipinski definition) is 4. The van der Waals surface area contributed by atoms with Crippen molar-refractivity contribution in [3.63, 3.8) is 0 Å². The molecule has 136 valence electrons. The van der Waals surface area contributed by atoms with Crippen molar-refractivity contribution in [3.8, 4) is 0 Å². The van der Waals surface area contributed by atoms with Crippen LogP contribution in [0.5, 0.6) is 0 Å². The van der Waals surface area contributed by atoms with Crippen molar-refractivity contribution in [2.75, 3.05) is 32.5 Å². The maximum absolute atomic E-state index is 12.2. The molecule has 0 bridgehead atoms. The molecule has 2 atom stereocenters. The van der Waals surface area contributed by atoms with Crippen LogP contribution < -0.4 is 10.6 Å². The normalized spacial score (nSPS) is 13.5. The molecule has 0 unspecified atom stereocenters. The summed E-state index contributed by atoms with van der Waals surface area (Å²) in [7, 11) is 5.67. The highest BCUT2D eigenvalue weighted by molar-refractivity contribution is 5.88. The summed E-state index contributed by atoms with van der Waals surface area (Å²) in [6.45, 7) is 2.88. The number of carbonyl (C=O) groups excluding carboxylic acids is 1. The van der Waals surface area contributed by atoms with E-state index in [-0.39, 0.29) is 11.9 Å². The van der Waals surface area contributed by atoms with Crippen molar-refractivity contribution in [1.82, 2.24) is 20.0 Å². The second kappa shape index (κ2) is 8.64. The van der Waals surface area contributed by atoms with Crippen LogP contribution in [0, 0.1) is 12.8 Å². The lowest BCUT2D eigenvalue weighted by Crippen LogP contribution is -2.39. The molecule has 1 heterocycles. The Hall–Kier alpha value is -2.38. The van der Waals surface area contributed by atoms with Crippen LogP contribution in [0.4, 0.5) is 10.6 Å². The molecular weight excluding hydrogens is 318 g/mol. The van der Waals surface area contributed by atoms with E-state index in [9.17, 15) is 9.90 Å². The Morgan fingerprint density at radius 3 is 2.56 bits per heavy atom. The average molecular weight is 345 g/mol. The van der Waals surface area contributed by atoms with Gasteiger partial charge in [-0.3, -0.25) is 10.00 Å². The Morgan fingerprint density at radius 2 is 2.00 bits per heavy atom. The number of aliphatic hydroxyl groups excluding tert-OH is 1. The molecule has 0 aliphatic heterocycles. The number of aryl methyl sites for hydroxylation is 2. The maximum Gasteiger partial charge on any atom is 0.320 e. The van der Waals surface area contributed by atoms with Crippen LogP contribution in [0.15, 0.2) is 36.4 Å². The van der Waals surface area contributed by atoms with Gasteiger partial charge in [-0.05, 0) is 26.6 Å². The molecule has 2 aromatic rings. The molecule has 0 radical (unpaired) electrons. The lowest BCUT2D eigenvalue weighted by molar-refractivity contribution is 0.0911. The number of nitrogens with one attached hydrogen (secondary N) is 2. The molecule has 0 fully saturated rings. The Balaban J connectivity index is 1.97. The number of aliphatic hydroxyl groups is 1. The summed E-state index contributed by atoms with van der Waals surface area (Å²) in [6, 6.07) is 11.0. The van der Waals surface area contributed by atoms with E-state index in [1.165, 1.54) is 0 Å². The zero-order chi connectivity index (χ0) is 18.4. The van der Waals surface area contributed by atoms with Crippen molar-refractivity contribution in [2.24, 2.45) is 13.0 Å². The van der Waals surface area contributed by atoms with Crippen molar-refractivity contribution in [2.45, 2.75) is 13.0 Å². The first-order valence-corrected chi connectivity index (χ1v) is 8.30. The molecule has 25 heavy (non-hydrogen) atoms. The average Bonchev–Trinajstić information content (AvgIpc) is 2.88. The molecule has 1 aromatic heterocycles. The van der Waals surface area contributed by atoms with Crippen LogP contribution in [-0.4, -0.2) is 53.0 Å². The lowest BCUT2D eigenvalue weighted by atomic mass is 9.95. The fourth-order valence-electron chi connectivity index (χ4n) is 2.78. The highest BCUT2D eigenvalue weighted by Gasteiger charge is 2.22. The van der Waals surface area contributed by atoms with Gasteiger partial charge in [-0.2, -0.15) is 5.10 Å². The van der Waals surface area contributed by atoms with Gasteiger partial charge in [0.2, 0.25) is 0 Å². The van der Waals surface area contributed by atoms with Gasteiger partial charge in [-0.25, -0.2) is 4.79 Å². The summed E-state index contributed by atoms with van der Waals surface area (Å²) >= 11 is 0. The first-order chi connectivity index (χ1) is 11.9. The summed E-state index contributed by atoms with van der Waals surface area (Å²) in [5.74, 6) is 0.499. The molecule has 0 aliphatic rings. The third-order valence-electron chi connectivity index (χ3n) is 3.96. The Labute approximate surface area is 148 Å². The molecule has 0 saturated carbocycles. The largest absolute Gasteiger partial charge is 0.388 e. The van der Waals surface area contributed by atoms with Gasteiger partial charge in [0.05, 0.1) is 11.8 Å². The van der Waals surface area contributed by atoms with E-state index < -0.39 is 6.10 Å². The molecule has 0 aliphatic carbocycles. The van der Waals surface area contributed by atoms with E-state index in [2.05, 4.69) is 15.7 Å². The zero-order valence-corrected chi connectivity index (χ0v) is 15.2. The van der Waals surface area contributed by atoms with Gasteiger partial charge in [0.15, 0.2) is 0 Å². The van der Waals surface area contributed by atoms with Gasteiger partial charge < -0.3 is 15.3 Å². The molecule has 0 spiro atoms. The fraction of sp³-hybridized carbons (Fsp3) is 0.444. The van der Waals surface area contributed by atoms with Crippen LogP contribution in [0.1, 0.15) is 17.4 Å². The molecule has 1 aromatic carbocycles. The van der Waals surface area contributed by atoms with Gasteiger partial charge in [-0.15, -0.1) is 0 Å². The smallest absolute Gasteiger partial charge is 0.320 e. The number of aromatic nitrogens is 2. The Morgan fingerprint density at radius 1 is 1.32 bits per heavy atom. The van der Waals surface area contributed by atoms with Crippen LogP contribution in [0.25, 0.3) is 0 Å². The number of benzene rings is 1. The highest BCUT2D eigenvalue weighted by Crippen LogP contribution is 2.22. The summed E-state index contributed by atoms with van der Waals surface area (Å²) in [6.07, 6.45) is -0.650. The van der Waals surface area contributed by atoms with Crippen LogP contribution in [0.2, 0.25) is 0 Å². The predicted octanol–water partition coefficient (Wildman–Crippen LogP) is 1.76. The van der Waals surface area contributed by atoms with Crippen LogP contribution in [0.3, 0.4) is 0 Å². The first-order valence-electron chi connectivity index (χ1n) is 8.30. The van der Waals surface area contributed by atoms with Gasteiger partial charge >= 0.3 is 6.03 Å². The molecule has 2 rings (SSSR count). The number of anilines is 1. The number of rotatable bonds is 7.